The van der Waals surface area contributed by atoms with E-state index in [1.54, 1.807) is 16.8 Å². The van der Waals surface area contributed by atoms with Crippen LogP contribution in [0.5, 0.6) is 0 Å². The second-order valence-corrected chi connectivity index (χ2v) is 5.63. The third kappa shape index (κ3) is 3.60. The second-order valence-electron chi connectivity index (χ2n) is 5.63. The van der Waals surface area contributed by atoms with Gasteiger partial charge in [-0.3, -0.25) is 4.79 Å². The van der Waals surface area contributed by atoms with Crippen LogP contribution in [0.2, 0.25) is 0 Å². The van der Waals surface area contributed by atoms with E-state index in [1.807, 2.05) is 26.0 Å². The largest absolute Gasteiger partial charge is 0.379 e. The Morgan fingerprint density at radius 2 is 2.38 bits per heavy atom. The molecule has 0 radical (unpaired) electrons. The van der Waals surface area contributed by atoms with Crippen LogP contribution in [0.1, 0.15) is 29.5 Å². The summed E-state index contributed by atoms with van der Waals surface area (Å²) in [6.07, 6.45) is 0.625. The van der Waals surface area contributed by atoms with E-state index in [2.05, 4.69) is 20.8 Å². The fourth-order valence-corrected chi connectivity index (χ4v) is 2.76. The number of carbonyl (C=O) groups excluding carboxylic acids is 1. The summed E-state index contributed by atoms with van der Waals surface area (Å²) in [7, 11) is 0. The van der Waals surface area contributed by atoms with Crippen LogP contribution in [0.3, 0.4) is 0 Å². The standard InChI is InChI=1S/C16H21N5O3/c1-3-24-15-10-23-8-7-14(15)17-16(22)12-5-4-6-13(9-12)21-11(2)18-19-20-21/h4-6,9,14-15H,3,7-8,10H2,1-2H3,(H,17,22). The molecule has 8 nitrogen and oxygen atoms in total. The van der Waals surface area contributed by atoms with Gasteiger partial charge < -0.3 is 14.8 Å². The number of carbonyl (C=O) groups is 1. The maximum atomic E-state index is 12.6. The minimum Gasteiger partial charge on any atom is -0.379 e. The maximum absolute atomic E-state index is 12.6. The molecule has 24 heavy (non-hydrogen) atoms. The Balaban J connectivity index is 1.74. The van der Waals surface area contributed by atoms with Gasteiger partial charge in [-0.2, -0.15) is 4.68 Å². The number of aromatic nitrogens is 4. The zero-order chi connectivity index (χ0) is 16.9. The van der Waals surface area contributed by atoms with Crippen LogP contribution in [-0.4, -0.2) is 58.1 Å². The second kappa shape index (κ2) is 7.50. The number of hydrogen-bond donors (Lipinski definition) is 1. The van der Waals surface area contributed by atoms with E-state index in [0.29, 0.717) is 31.2 Å². The van der Waals surface area contributed by atoms with E-state index in [1.165, 1.54) is 0 Å². The van der Waals surface area contributed by atoms with Crippen molar-refractivity contribution in [3.05, 3.63) is 35.7 Å². The first kappa shape index (κ1) is 16.5. The Labute approximate surface area is 140 Å². The van der Waals surface area contributed by atoms with E-state index < -0.39 is 0 Å². The number of hydrogen-bond acceptors (Lipinski definition) is 6. The summed E-state index contributed by atoms with van der Waals surface area (Å²) in [6, 6.07) is 7.17. The zero-order valence-electron chi connectivity index (χ0n) is 13.8. The van der Waals surface area contributed by atoms with E-state index >= 15 is 0 Å². The van der Waals surface area contributed by atoms with Crippen molar-refractivity contribution in [1.82, 2.24) is 25.5 Å². The highest BCUT2D eigenvalue weighted by atomic mass is 16.5. The summed E-state index contributed by atoms with van der Waals surface area (Å²) < 4.78 is 12.7. The quantitative estimate of drug-likeness (QED) is 0.875. The average Bonchev–Trinajstić information content (AvgIpc) is 3.03. The van der Waals surface area contributed by atoms with Crippen LogP contribution in [0.15, 0.2) is 24.3 Å². The van der Waals surface area contributed by atoms with Gasteiger partial charge in [-0.15, -0.1) is 5.10 Å². The number of amides is 1. The topological polar surface area (TPSA) is 91.2 Å². The van der Waals surface area contributed by atoms with Crippen LogP contribution < -0.4 is 5.32 Å². The van der Waals surface area contributed by atoms with Gasteiger partial charge in [0.2, 0.25) is 0 Å². The summed E-state index contributed by atoms with van der Waals surface area (Å²) in [4.78, 5) is 12.6. The van der Waals surface area contributed by atoms with Crippen LogP contribution in [0, 0.1) is 6.92 Å². The molecule has 0 aliphatic carbocycles. The molecule has 1 fully saturated rings. The molecule has 1 amide bonds. The molecule has 1 aliphatic rings. The molecule has 1 N–H and O–H groups in total. The Morgan fingerprint density at radius 3 is 3.12 bits per heavy atom. The molecule has 1 aromatic heterocycles. The Morgan fingerprint density at radius 1 is 1.50 bits per heavy atom. The SMILES string of the molecule is CCOC1COCCC1NC(=O)c1cccc(-n2nnnc2C)c1. The summed E-state index contributed by atoms with van der Waals surface area (Å²) in [6.45, 7) is 5.46. The van der Waals surface area contributed by atoms with E-state index in [0.717, 1.165) is 12.1 Å². The van der Waals surface area contributed by atoms with Crippen LogP contribution in [0.25, 0.3) is 5.69 Å². The molecule has 2 unspecified atom stereocenters. The van der Waals surface area contributed by atoms with Gasteiger partial charge in [0, 0.05) is 18.8 Å². The van der Waals surface area contributed by atoms with Crippen molar-refractivity contribution in [3.8, 4) is 5.69 Å². The molecular weight excluding hydrogens is 310 g/mol. The number of benzene rings is 1. The first-order chi connectivity index (χ1) is 11.7. The van der Waals surface area contributed by atoms with Crippen molar-refractivity contribution in [2.24, 2.45) is 0 Å². The van der Waals surface area contributed by atoms with Gasteiger partial charge in [0.25, 0.3) is 5.91 Å². The number of nitrogens with zero attached hydrogens (tertiary/aromatic N) is 4. The van der Waals surface area contributed by atoms with E-state index in [9.17, 15) is 4.79 Å². The first-order valence-corrected chi connectivity index (χ1v) is 8.04. The maximum Gasteiger partial charge on any atom is 0.251 e. The van der Waals surface area contributed by atoms with Crippen LogP contribution >= 0.6 is 0 Å². The first-order valence-electron chi connectivity index (χ1n) is 8.04. The normalized spacial score (nSPS) is 20.8. The number of nitrogens with one attached hydrogen (secondary N) is 1. The highest BCUT2D eigenvalue weighted by Crippen LogP contribution is 2.14. The number of aryl methyl sites for hydroxylation is 1. The predicted octanol–water partition coefficient (Wildman–Crippen LogP) is 0.895. The number of rotatable bonds is 5. The zero-order valence-corrected chi connectivity index (χ0v) is 13.8. The predicted molar refractivity (Wildman–Crippen MR) is 86.0 cm³/mol. The molecule has 2 heterocycles. The summed E-state index contributed by atoms with van der Waals surface area (Å²) >= 11 is 0. The van der Waals surface area contributed by atoms with Crippen LogP contribution in [0.4, 0.5) is 0 Å². The average molecular weight is 331 g/mol. The highest BCUT2D eigenvalue weighted by Gasteiger charge is 2.28. The van der Waals surface area contributed by atoms with Gasteiger partial charge in [0.15, 0.2) is 5.82 Å². The van der Waals surface area contributed by atoms with Gasteiger partial charge in [-0.05, 0) is 48.9 Å². The lowest BCUT2D eigenvalue weighted by Crippen LogP contribution is -2.50. The Kier molecular flexibility index (Phi) is 5.17. The van der Waals surface area contributed by atoms with Crippen molar-refractivity contribution in [2.75, 3.05) is 19.8 Å². The molecule has 1 saturated heterocycles. The van der Waals surface area contributed by atoms with Crippen molar-refractivity contribution in [1.29, 1.82) is 0 Å². The highest BCUT2D eigenvalue weighted by molar-refractivity contribution is 5.95. The summed E-state index contributed by atoms with van der Waals surface area (Å²) in [5.74, 6) is 0.521. The smallest absolute Gasteiger partial charge is 0.251 e. The minimum atomic E-state index is -0.140. The van der Waals surface area contributed by atoms with Gasteiger partial charge >= 0.3 is 0 Å². The molecular formula is C16H21N5O3. The third-order valence-corrected chi connectivity index (χ3v) is 3.98. The molecule has 1 aromatic carbocycles. The monoisotopic (exact) mass is 331 g/mol. The lowest BCUT2D eigenvalue weighted by Gasteiger charge is -2.31. The molecule has 3 rings (SSSR count). The molecule has 2 aromatic rings. The molecule has 1 aliphatic heterocycles. The molecule has 0 spiro atoms. The summed E-state index contributed by atoms with van der Waals surface area (Å²) in [5.41, 5.74) is 1.31. The van der Waals surface area contributed by atoms with Crippen molar-refractivity contribution in [2.45, 2.75) is 32.4 Å². The Hall–Kier alpha value is -2.32. The molecule has 0 bridgehead atoms. The number of tetrazole rings is 1. The van der Waals surface area contributed by atoms with Crippen molar-refractivity contribution in [3.63, 3.8) is 0 Å². The molecule has 2 atom stereocenters. The van der Waals surface area contributed by atoms with E-state index in [-0.39, 0.29) is 18.1 Å². The van der Waals surface area contributed by atoms with Crippen molar-refractivity contribution >= 4 is 5.91 Å². The fraction of sp³-hybridized carbons (Fsp3) is 0.500. The van der Waals surface area contributed by atoms with Crippen LogP contribution in [-0.2, 0) is 9.47 Å². The van der Waals surface area contributed by atoms with E-state index in [4.69, 9.17) is 9.47 Å². The third-order valence-electron chi connectivity index (χ3n) is 3.98. The van der Waals surface area contributed by atoms with Crippen molar-refractivity contribution < 1.29 is 14.3 Å². The molecule has 8 heteroatoms. The van der Waals surface area contributed by atoms with Gasteiger partial charge in [-0.1, -0.05) is 6.07 Å². The lowest BCUT2D eigenvalue weighted by atomic mass is 10.0. The van der Waals surface area contributed by atoms with Gasteiger partial charge in [0.1, 0.15) is 6.10 Å². The molecule has 128 valence electrons. The lowest BCUT2D eigenvalue weighted by molar-refractivity contribution is -0.0632. The van der Waals surface area contributed by atoms with Gasteiger partial charge in [-0.25, -0.2) is 0 Å². The van der Waals surface area contributed by atoms with Gasteiger partial charge in [0.05, 0.1) is 18.3 Å². The molecule has 0 saturated carbocycles. The number of ether oxygens (including phenoxy) is 2. The minimum absolute atomic E-state index is 0.0513. The fourth-order valence-electron chi connectivity index (χ4n) is 2.76. The summed E-state index contributed by atoms with van der Waals surface area (Å²) in [5, 5.41) is 14.5. The Bertz CT molecular complexity index is 701.